The van der Waals surface area contributed by atoms with E-state index in [1.54, 1.807) is 6.92 Å². The van der Waals surface area contributed by atoms with Crippen LogP contribution in [0, 0.1) is 13.8 Å². The third kappa shape index (κ3) is 3.38. The molecule has 0 aliphatic rings. The summed E-state index contributed by atoms with van der Waals surface area (Å²) in [4.78, 5) is 12.4. The van der Waals surface area contributed by atoms with E-state index in [1.165, 1.54) is 12.1 Å². The molecule has 1 heterocycles. The molecule has 0 atom stereocenters. The quantitative estimate of drug-likeness (QED) is 0.724. The van der Waals surface area contributed by atoms with Crippen LogP contribution in [0.4, 0.5) is 13.2 Å². The molecule has 1 aromatic heterocycles. The summed E-state index contributed by atoms with van der Waals surface area (Å²) in [5, 5.41) is 3.47. The molecule has 3 aromatic rings. The molecule has 2 aromatic carbocycles. The molecule has 0 radical (unpaired) electrons. The van der Waals surface area contributed by atoms with E-state index in [2.05, 4.69) is 5.32 Å². The van der Waals surface area contributed by atoms with Gasteiger partial charge in [-0.3, -0.25) is 4.79 Å². The van der Waals surface area contributed by atoms with E-state index in [0.717, 1.165) is 23.1 Å². The van der Waals surface area contributed by atoms with Gasteiger partial charge < -0.3 is 9.73 Å². The number of rotatable bonds is 3. The Labute approximate surface area is 142 Å². The van der Waals surface area contributed by atoms with E-state index in [1.807, 2.05) is 25.1 Å². The number of amides is 1. The first-order chi connectivity index (χ1) is 11.8. The molecule has 0 aliphatic heterocycles. The number of benzene rings is 2. The van der Waals surface area contributed by atoms with Gasteiger partial charge in [-0.15, -0.1) is 0 Å². The Hall–Kier alpha value is -2.76. The summed E-state index contributed by atoms with van der Waals surface area (Å²) < 4.78 is 43.9. The van der Waals surface area contributed by atoms with Crippen molar-refractivity contribution in [2.75, 3.05) is 0 Å². The van der Waals surface area contributed by atoms with Crippen LogP contribution < -0.4 is 5.32 Å². The predicted octanol–water partition coefficient (Wildman–Crippen LogP) is 5.00. The highest BCUT2D eigenvalue weighted by molar-refractivity contribution is 5.99. The summed E-state index contributed by atoms with van der Waals surface area (Å²) in [6.07, 6.45) is -4.41. The van der Waals surface area contributed by atoms with Gasteiger partial charge in [0.05, 0.1) is 5.56 Å². The second kappa shape index (κ2) is 6.27. The number of para-hydroxylation sites is 1. The van der Waals surface area contributed by atoms with Gasteiger partial charge >= 0.3 is 6.18 Å². The van der Waals surface area contributed by atoms with Crippen LogP contribution in [0.1, 0.15) is 32.8 Å². The number of hydrogen-bond donors (Lipinski definition) is 1. The van der Waals surface area contributed by atoms with Crippen molar-refractivity contribution in [1.29, 1.82) is 0 Å². The van der Waals surface area contributed by atoms with Crippen molar-refractivity contribution in [3.8, 4) is 0 Å². The van der Waals surface area contributed by atoms with E-state index in [-0.39, 0.29) is 12.3 Å². The van der Waals surface area contributed by atoms with E-state index in [4.69, 9.17) is 4.42 Å². The van der Waals surface area contributed by atoms with Crippen molar-refractivity contribution >= 4 is 16.9 Å². The Morgan fingerprint density at radius 2 is 1.84 bits per heavy atom. The summed E-state index contributed by atoms with van der Waals surface area (Å²) in [6, 6.07) is 10.5. The smallest absolute Gasteiger partial charge is 0.416 e. The first-order valence-corrected chi connectivity index (χ1v) is 7.70. The molecule has 1 amide bonds. The third-order valence-corrected chi connectivity index (χ3v) is 4.07. The Bertz CT molecular complexity index is 941. The molecular weight excluding hydrogens is 331 g/mol. The van der Waals surface area contributed by atoms with Gasteiger partial charge in [-0.2, -0.15) is 13.2 Å². The van der Waals surface area contributed by atoms with Crippen LogP contribution in [0.3, 0.4) is 0 Å². The summed E-state index contributed by atoms with van der Waals surface area (Å²) >= 11 is 0. The lowest BCUT2D eigenvalue weighted by Crippen LogP contribution is -2.23. The molecule has 0 aliphatic carbocycles. The zero-order valence-corrected chi connectivity index (χ0v) is 13.7. The molecule has 0 bridgehead atoms. The number of carbonyl (C=O) groups is 1. The fraction of sp³-hybridized carbons (Fsp3) is 0.211. The van der Waals surface area contributed by atoms with Gasteiger partial charge in [-0.1, -0.05) is 30.3 Å². The lowest BCUT2D eigenvalue weighted by Gasteiger charge is -2.09. The number of nitrogens with one attached hydrogen (secondary N) is 1. The van der Waals surface area contributed by atoms with Crippen LogP contribution in [0.5, 0.6) is 0 Å². The van der Waals surface area contributed by atoms with Crippen molar-refractivity contribution < 1.29 is 22.4 Å². The highest BCUT2D eigenvalue weighted by atomic mass is 19.4. The first-order valence-electron chi connectivity index (χ1n) is 7.70. The topological polar surface area (TPSA) is 42.2 Å². The van der Waals surface area contributed by atoms with Crippen molar-refractivity contribution in [1.82, 2.24) is 5.32 Å². The minimum Gasteiger partial charge on any atom is -0.450 e. The average Bonchev–Trinajstić information content (AvgIpc) is 2.91. The fourth-order valence-electron chi connectivity index (χ4n) is 2.72. The molecule has 3 rings (SSSR count). The lowest BCUT2D eigenvalue weighted by atomic mass is 10.1. The summed E-state index contributed by atoms with van der Waals surface area (Å²) in [5.74, 6) is -0.276. The zero-order chi connectivity index (χ0) is 18.2. The maximum Gasteiger partial charge on any atom is 0.416 e. The average molecular weight is 347 g/mol. The Morgan fingerprint density at radius 3 is 2.52 bits per heavy atom. The van der Waals surface area contributed by atoms with Crippen molar-refractivity contribution in [2.45, 2.75) is 26.6 Å². The van der Waals surface area contributed by atoms with E-state index in [9.17, 15) is 18.0 Å². The standard InChI is InChI=1S/C19H16F3NO2/c1-11-5-3-8-15-12(2)17(25-16(11)15)18(24)23-10-13-6-4-7-14(9-13)19(20,21)22/h3-9H,10H2,1-2H3,(H,23,24). The monoisotopic (exact) mass is 347 g/mol. The molecule has 0 saturated carbocycles. The van der Waals surface area contributed by atoms with Crippen molar-refractivity contribution in [3.05, 3.63) is 70.5 Å². The highest BCUT2D eigenvalue weighted by Gasteiger charge is 2.30. The molecule has 1 N–H and O–H groups in total. The summed E-state index contributed by atoms with van der Waals surface area (Å²) in [6.45, 7) is 3.65. The van der Waals surface area contributed by atoms with Gasteiger partial charge in [0.2, 0.25) is 0 Å². The lowest BCUT2D eigenvalue weighted by molar-refractivity contribution is -0.137. The number of fused-ring (bicyclic) bond motifs is 1. The number of aryl methyl sites for hydroxylation is 2. The maximum absolute atomic E-state index is 12.7. The molecule has 6 heteroatoms. The number of carbonyl (C=O) groups excluding carboxylic acids is 1. The van der Waals surface area contributed by atoms with Crippen molar-refractivity contribution in [3.63, 3.8) is 0 Å². The Morgan fingerprint density at radius 1 is 1.12 bits per heavy atom. The van der Waals surface area contributed by atoms with Gasteiger partial charge in [-0.05, 0) is 37.1 Å². The minimum absolute atomic E-state index is 0.0157. The van der Waals surface area contributed by atoms with Crippen LogP contribution in [-0.4, -0.2) is 5.91 Å². The Kier molecular flexibility index (Phi) is 4.29. The second-order valence-corrected chi connectivity index (χ2v) is 5.89. The van der Waals surface area contributed by atoms with Gasteiger partial charge in [0.1, 0.15) is 5.58 Å². The largest absolute Gasteiger partial charge is 0.450 e. The fourth-order valence-corrected chi connectivity index (χ4v) is 2.72. The van der Waals surface area contributed by atoms with Crippen LogP contribution in [0.25, 0.3) is 11.0 Å². The Balaban J connectivity index is 1.80. The summed E-state index contributed by atoms with van der Waals surface area (Å²) in [5.41, 5.74) is 1.89. The van der Waals surface area contributed by atoms with Crippen LogP contribution >= 0.6 is 0 Å². The molecule has 130 valence electrons. The van der Waals surface area contributed by atoms with E-state index >= 15 is 0 Å². The van der Waals surface area contributed by atoms with Gasteiger partial charge in [-0.25, -0.2) is 0 Å². The molecular formula is C19H16F3NO2. The number of alkyl halides is 3. The molecule has 25 heavy (non-hydrogen) atoms. The minimum atomic E-state index is -4.41. The zero-order valence-electron chi connectivity index (χ0n) is 13.7. The number of halogens is 3. The van der Waals surface area contributed by atoms with Gasteiger partial charge in [0, 0.05) is 17.5 Å². The third-order valence-electron chi connectivity index (χ3n) is 4.07. The van der Waals surface area contributed by atoms with Crippen LogP contribution in [0.15, 0.2) is 46.9 Å². The summed E-state index contributed by atoms with van der Waals surface area (Å²) in [7, 11) is 0. The maximum atomic E-state index is 12.7. The number of furan rings is 1. The van der Waals surface area contributed by atoms with Crippen LogP contribution in [-0.2, 0) is 12.7 Å². The van der Waals surface area contributed by atoms with Crippen molar-refractivity contribution in [2.24, 2.45) is 0 Å². The molecule has 0 saturated heterocycles. The highest BCUT2D eigenvalue weighted by Crippen LogP contribution is 2.30. The molecule has 0 unspecified atom stereocenters. The van der Waals surface area contributed by atoms with E-state index < -0.39 is 17.6 Å². The first kappa shape index (κ1) is 17.1. The SMILES string of the molecule is Cc1c(C(=O)NCc2cccc(C(F)(F)F)c2)oc2c(C)cccc12. The molecule has 0 spiro atoms. The van der Waals surface area contributed by atoms with Crippen LogP contribution in [0.2, 0.25) is 0 Å². The normalized spacial score (nSPS) is 11.7. The van der Waals surface area contributed by atoms with Gasteiger partial charge in [0.25, 0.3) is 5.91 Å². The van der Waals surface area contributed by atoms with E-state index in [0.29, 0.717) is 16.7 Å². The van der Waals surface area contributed by atoms with Gasteiger partial charge in [0.15, 0.2) is 5.76 Å². The number of hydrogen-bond acceptors (Lipinski definition) is 2. The molecule has 0 fully saturated rings. The molecule has 3 nitrogen and oxygen atoms in total. The predicted molar refractivity (Wildman–Crippen MR) is 88.3 cm³/mol. The second-order valence-electron chi connectivity index (χ2n) is 5.89.